The molecule has 2 heterocycles. The van der Waals surface area contributed by atoms with Crippen LogP contribution in [0.5, 0.6) is 0 Å². The summed E-state index contributed by atoms with van der Waals surface area (Å²) in [6, 6.07) is 16.4. The lowest BCUT2D eigenvalue weighted by Gasteiger charge is -2.11. The first-order valence-corrected chi connectivity index (χ1v) is 8.63. The van der Waals surface area contributed by atoms with Crippen LogP contribution >= 0.6 is 11.6 Å². The highest BCUT2D eigenvalue weighted by Gasteiger charge is 2.08. The van der Waals surface area contributed by atoms with Crippen LogP contribution in [0.1, 0.15) is 19.4 Å². The molecule has 4 rings (SSSR count). The summed E-state index contributed by atoms with van der Waals surface area (Å²) in [4.78, 5) is 8.77. The number of hydrogen-bond acceptors (Lipinski definition) is 5. The number of anilines is 5. The molecule has 0 saturated carbocycles. The second-order valence-electron chi connectivity index (χ2n) is 5.95. The van der Waals surface area contributed by atoms with E-state index >= 15 is 0 Å². The van der Waals surface area contributed by atoms with Crippen molar-refractivity contribution in [1.82, 2.24) is 9.97 Å². The van der Waals surface area contributed by atoms with Crippen molar-refractivity contribution in [2.24, 2.45) is 0 Å². The first kappa shape index (κ1) is 18.0. The van der Waals surface area contributed by atoms with Gasteiger partial charge in [-0.1, -0.05) is 37.2 Å². The molecular weight excluding hydrogens is 346 g/mol. The number of halogens is 1. The van der Waals surface area contributed by atoms with Gasteiger partial charge in [-0.2, -0.15) is 4.98 Å². The fourth-order valence-corrected chi connectivity index (χ4v) is 2.96. The minimum atomic E-state index is 0. The van der Waals surface area contributed by atoms with Gasteiger partial charge in [0.15, 0.2) is 5.82 Å². The molecule has 0 spiro atoms. The first-order chi connectivity index (χ1) is 12.3. The van der Waals surface area contributed by atoms with Crippen LogP contribution in [0, 0.1) is 0 Å². The first-order valence-electron chi connectivity index (χ1n) is 8.26. The summed E-state index contributed by atoms with van der Waals surface area (Å²) >= 11 is 6.26. The summed E-state index contributed by atoms with van der Waals surface area (Å²) in [5.41, 5.74) is 4.24. The highest BCUT2D eigenvalue weighted by atomic mass is 35.5. The Balaban J connectivity index is 0.00000196. The molecule has 1 aliphatic heterocycles. The maximum Gasteiger partial charge on any atom is 0.229 e. The normalized spacial score (nSPS) is 13.0. The molecule has 0 saturated heterocycles. The van der Waals surface area contributed by atoms with Gasteiger partial charge in [-0.3, -0.25) is 0 Å². The van der Waals surface area contributed by atoms with Crippen LogP contribution < -0.4 is 16.0 Å². The van der Waals surface area contributed by atoms with Gasteiger partial charge in [-0.25, -0.2) is 4.98 Å². The molecular formula is C20H22ClN5. The Kier molecular flexibility index (Phi) is 5.58. The van der Waals surface area contributed by atoms with Crippen molar-refractivity contribution in [3.63, 3.8) is 0 Å². The van der Waals surface area contributed by atoms with E-state index in [1.807, 2.05) is 30.3 Å². The largest absolute Gasteiger partial charge is 0.385 e. The predicted molar refractivity (Wildman–Crippen MR) is 110 cm³/mol. The number of nitrogens with one attached hydrogen (secondary N) is 3. The van der Waals surface area contributed by atoms with Crippen LogP contribution in [0.2, 0.25) is 5.02 Å². The fraction of sp³-hybridized carbons (Fsp3) is 0.200. The third-order valence-electron chi connectivity index (χ3n) is 4.02. The van der Waals surface area contributed by atoms with Gasteiger partial charge in [-0.05, 0) is 48.7 Å². The Morgan fingerprint density at radius 3 is 2.58 bits per heavy atom. The number of nitrogens with zero attached hydrogens (tertiary/aromatic N) is 2. The summed E-state index contributed by atoms with van der Waals surface area (Å²) < 4.78 is 0. The molecule has 0 amide bonds. The van der Waals surface area contributed by atoms with Crippen molar-refractivity contribution in [1.29, 1.82) is 0 Å². The summed E-state index contributed by atoms with van der Waals surface area (Å²) in [7, 11) is 0. The fourth-order valence-electron chi connectivity index (χ4n) is 2.82. The van der Waals surface area contributed by atoms with Gasteiger partial charge in [0.1, 0.15) is 5.02 Å². The lowest BCUT2D eigenvalue weighted by molar-refractivity contribution is 0.863. The maximum absolute atomic E-state index is 6.26. The van der Waals surface area contributed by atoms with E-state index in [0.717, 1.165) is 36.4 Å². The van der Waals surface area contributed by atoms with E-state index < -0.39 is 0 Å². The van der Waals surface area contributed by atoms with E-state index in [-0.39, 0.29) is 7.43 Å². The predicted octanol–water partition coefficient (Wildman–Crippen LogP) is 5.61. The Hall–Kier alpha value is -2.79. The molecule has 0 unspecified atom stereocenters. The highest BCUT2D eigenvalue weighted by molar-refractivity contribution is 6.32. The van der Waals surface area contributed by atoms with E-state index in [1.165, 1.54) is 5.56 Å². The quantitative estimate of drug-likeness (QED) is 0.482. The van der Waals surface area contributed by atoms with E-state index in [0.29, 0.717) is 16.8 Å². The van der Waals surface area contributed by atoms with Crippen molar-refractivity contribution >= 4 is 40.4 Å². The molecule has 0 aliphatic carbocycles. The number of fused-ring (bicyclic) bond motifs is 6. The molecule has 26 heavy (non-hydrogen) atoms. The van der Waals surface area contributed by atoms with E-state index in [9.17, 15) is 0 Å². The molecule has 3 N–H and O–H groups in total. The van der Waals surface area contributed by atoms with E-state index in [4.69, 9.17) is 11.6 Å². The van der Waals surface area contributed by atoms with Gasteiger partial charge in [0.2, 0.25) is 5.95 Å². The number of hydrogen-bond donors (Lipinski definition) is 3. The lowest BCUT2D eigenvalue weighted by Crippen LogP contribution is -2.03. The molecule has 5 nitrogen and oxygen atoms in total. The minimum absolute atomic E-state index is 0. The molecule has 0 fully saturated rings. The van der Waals surface area contributed by atoms with Gasteiger partial charge in [0.25, 0.3) is 0 Å². The molecule has 2 aromatic carbocycles. The van der Waals surface area contributed by atoms with Gasteiger partial charge >= 0.3 is 0 Å². The minimum Gasteiger partial charge on any atom is -0.385 e. The van der Waals surface area contributed by atoms with Gasteiger partial charge in [-0.15, -0.1) is 0 Å². The Labute approximate surface area is 158 Å². The van der Waals surface area contributed by atoms with Gasteiger partial charge in [0.05, 0.1) is 6.20 Å². The molecule has 134 valence electrons. The SMILES string of the molecule is C.Clc1cnc2nc1Nc1cccc(c1)CCCNc1cccc(c1)N2. The highest BCUT2D eigenvalue weighted by Crippen LogP contribution is 2.26. The molecule has 0 radical (unpaired) electrons. The monoisotopic (exact) mass is 367 g/mol. The van der Waals surface area contributed by atoms with Gasteiger partial charge < -0.3 is 16.0 Å². The number of benzene rings is 2. The summed E-state index contributed by atoms with van der Waals surface area (Å²) in [5, 5.41) is 10.5. The summed E-state index contributed by atoms with van der Waals surface area (Å²) in [6.07, 6.45) is 3.65. The molecule has 1 aromatic heterocycles. The zero-order valence-electron chi connectivity index (χ0n) is 13.6. The van der Waals surface area contributed by atoms with Crippen molar-refractivity contribution in [2.45, 2.75) is 20.3 Å². The second kappa shape index (κ2) is 8.06. The number of aromatic nitrogens is 2. The van der Waals surface area contributed by atoms with Crippen molar-refractivity contribution in [3.8, 4) is 0 Å². The zero-order valence-corrected chi connectivity index (χ0v) is 14.3. The average molecular weight is 368 g/mol. The lowest BCUT2D eigenvalue weighted by atomic mass is 10.1. The van der Waals surface area contributed by atoms with Crippen LogP contribution in [0.25, 0.3) is 0 Å². The average Bonchev–Trinajstić information content (AvgIpc) is 2.62. The van der Waals surface area contributed by atoms with Crippen LogP contribution in [0.15, 0.2) is 54.7 Å². The molecule has 6 heteroatoms. The summed E-state index contributed by atoms with van der Waals surface area (Å²) in [5.74, 6) is 1.08. The summed E-state index contributed by atoms with van der Waals surface area (Å²) in [6.45, 7) is 0.914. The smallest absolute Gasteiger partial charge is 0.229 e. The van der Waals surface area contributed by atoms with Crippen LogP contribution in [0.4, 0.5) is 28.8 Å². The number of rotatable bonds is 0. The number of aryl methyl sites for hydroxylation is 1. The van der Waals surface area contributed by atoms with Crippen molar-refractivity contribution in [3.05, 3.63) is 65.3 Å². The molecule has 3 aromatic rings. The molecule has 6 bridgehead atoms. The second-order valence-corrected chi connectivity index (χ2v) is 6.36. The van der Waals surface area contributed by atoms with Gasteiger partial charge in [0, 0.05) is 23.6 Å². The van der Waals surface area contributed by atoms with Crippen LogP contribution in [0.3, 0.4) is 0 Å². The Morgan fingerprint density at radius 1 is 0.923 bits per heavy atom. The van der Waals surface area contributed by atoms with E-state index in [1.54, 1.807) is 6.20 Å². The molecule has 0 atom stereocenters. The third-order valence-corrected chi connectivity index (χ3v) is 4.30. The van der Waals surface area contributed by atoms with Crippen LogP contribution in [-0.2, 0) is 6.42 Å². The zero-order chi connectivity index (χ0) is 17.1. The standard InChI is InChI=1S/C19H18ClN5.CH4/c20-17-12-22-19-24-16-8-2-6-14(11-16)21-9-3-5-13-4-1-7-15(10-13)23-18(17)25-19;/h1-2,4,6-8,10-12,21H,3,5,9H2,(H2,22,23,24,25);1H4. The maximum atomic E-state index is 6.26. The van der Waals surface area contributed by atoms with Crippen LogP contribution in [-0.4, -0.2) is 16.5 Å². The Morgan fingerprint density at radius 2 is 1.69 bits per heavy atom. The van der Waals surface area contributed by atoms with Crippen molar-refractivity contribution in [2.75, 3.05) is 22.5 Å². The van der Waals surface area contributed by atoms with E-state index in [2.05, 4.69) is 44.1 Å². The Bertz CT molecular complexity index is 897. The third kappa shape index (κ3) is 4.24. The van der Waals surface area contributed by atoms with Crippen molar-refractivity contribution < 1.29 is 0 Å². The topological polar surface area (TPSA) is 61.9 Å². The molecule has 1 aliphatic rings.